The zero-order valence-electron chi connectivity index (χ0n) is 42.6. The molecule has 0 saturated heterocycles. The summed E-state index contributed by atoms with van der Waals surface area (Å²) in [5.74, 6) is -0.915. The van der Waals surface area contributed by atoms with Crippen LogP contribution in [0.3, 0.4) is 0 Å². The monoisotopic (exact) mass is 897 g/mol. The lowest BCUT2D eigenvalue weighted by molar-refractivity contribution is -0.167. The van der Waals surface area contributed by atoms with Crippen molar-refractivity contribution in [2.45, 2.75) is 290 Å². The molecule has 0 rings (SSSR count). The summed E-state index contributed by atoms with van der Waals surface area (Å²) in [7, 11) is 0. The standard InChI is InChI=1S/C58H104O6/c1-4-7-10-13-16-19-22-25-27-28-29-30-32-33-36-39-42-45-48-51-57(60)63-54-55(53-62-56(59)50-47-44-41-38-35-24-21-18-15-12-9-6-3)64-58(61)52-49-46-43-40-37-34-31-26-23-20-17-14-11-8-5-2/h8,11,17,20,26,31,37,40,55H,4-7,9-10,12-16,18-19,21-25,27-30,32-36,38-39,41-54H2,1-3H3/b11-8-,20-17-,31-26-,40-37-. The van der Waals surface area contributed by atoms with E-state index in [9.17, 15) is 14.4 Å². The molecule has 0 saturated carbocycles. The van der Waals surface area contributed by atoms with E-state index in [-0.39, 0.29) is 37.5 Å². The van der Waals surface area contributed by atoms with Gasteiger partial charge < -0.3 is 14.2 Å². The molecule has 0 radical (unpaired) electrons. The first kappa shape index (κ1) is 61.4. The van der Waals surface area contributed by atoms with Gasteiger partial charge in [-0.15, -0.1) is 0 Å². The highest BCUT2D eigenvalue weighted by atomic mass is 16.6. The minimum Gasteiger partial charge on any atom is -0.462 e. The number of carbonyl (C=O) groups excluding carboxylic acids is 3. The van der Waals surface area contributed by atoms with E-state index in [2.05, 4.69) is 69.4 Å². The van der Waals surface area contributed by atoms with Gasteiger partial charge in [-0.2, -0.15) is 0 Å². The highest BCUT2D eigenvalue weighted by Gasteiger charge is 2.19. The predicted molar refractivity (Wildman–Crippen MR) is 275 cm³/mol. The van der Waals surface area contributed by atoms with Crippen molar-refractivity contribution in [3.05, 3.63) is 48.6 Å². The van der Waals surface area contributed by atoms with Crippen LogP contribution in [0.4, 0.5) is 0 Å². The number of unbranched alkanes of at least 4 members (excludes halogenated alkanes) is 31. The van der Waals surface area contributed by atoms with E-state index in [0.29, 0.717) is 19.3 Å². The molecule has 0 spiro atoms. The summed E-state index contributed by atoms with van der Waals surface area (Å²) in [4.78, 5) is 38.0. The Kier molecular flexibility index (Phi) is 50.8. The zero-order valence-corrected chi connectivity index (χ0v) is 42.6. The van der Waals surface area contributed by atoms with E-state index >= 15 is 0 Å². The number of hydrogen-bond acceptors (Lipinski definition) is 6. The van der Waals surface area contributed by atoms with Gasteiger partial charge in [0.2, 0.25) is 0 Å². The van der Waals surface area contributed by atoms with Gasteiger partial charge >= 0.3 is 17.9 Å². The molecule has 1 atom stereocenters. The van der Waals surface area contributed by atoms with Gasteiger partial charge in [0.1, 0.15) is 13.2 Å². The molecule has 0 aromatic heterocycles. The first-order valence-corrected chi connectivity index (χ1v) is 27.6. The van der Waals surface area contributed by atoms with Gasteiger partial charge in [-0.1, -0.05) is 256 Å². The van der Waals surface area contributed by atoms with Crippen molar-refractivity contribution >= 4 is 17.9 Å². The van der Waals surface area contributed by atoms with Crippen molar-refractivity contribution < 1.29 is 28.6 Å². The van der Waals surface area contributed by atoms with Crippen LogP contribution in [0.2, 0.25) is 0 Å². The number of rotatable bonds is 50. The van der Waals surface area contributed by atoms with Crippen molar-refractivity contribution in [3.8, 4) is 0 Å². The maximum Gasteiger partial charge on any atom is 0.306 e. The second kappa shape index (κ2) is 53.0. The van der Waals surface area contributed by atoms with Crippen molar-refractivity contribution in [3.63, 3.8) is 0 Å². The minimum absolute atomic E-state index is 0.0858. The smallest absolute Gasteiger partial charge is 0.306 e. The molecular formula is C58H104O6. The van der Waals surface area contributed by atoms with Crippen LogP contribution in [0.1, 0.15) is 284 Å². The molecular weight excluding hydrogens is 793 g/mol. The summed E-state index contributed by atoms with van der Waals surface area (Å²) < 4.78 is 16.8. The van der Waals surface area contributed by atoms with Crippen LogP contribution >= 0.6 is 0 Å². The lowest BCUT2D eigenvalue weighted by Gasteiger charge is -2.18. The van der Waals surface area contributed by atoms with E-state index in [1.165, 1.54) is 161 Å². The number of carbonyl (C=O) groups is 3. The maximum absolute atomic E-state index is 12.8. The second-order valence-corrected chi connectivity index (χ2v) is 18.5. The minimum atomic E-state index is -0.790. The van der Waals surface area contributed by atoms with E-state index in [1.807, 2.05) is 0 Å². The molecule has 0 amide bonds. The van der Waals surface area contributed by atoms with Crippen molar-refractivity contribution in [2.24, 2.45) is 0 Å². The van der Waals surface area contributed by atoms with Gasteiger partial charge in [0.25, 0.3) is 0 Å². The van der Waals surface area contributed by atoms with Gasteiger partial charge in [0.05, 0.1) is 0 Å². The number of esters is 3. The van der Waals surface area contributed by atoms with Gasteiger partial charge in [-0.05, 0) is 57.8 Å². The molecule has 64 heavy (non-hydrogen) atoms. The first-order chi connectivity index (χ1) is 31.5. The Morgan fingerprint density at radius 1 is 0.328 bits per heavy atom. The van der Waals surface area contributed by atoms with Crippen LogP contribution < -0.4 is 0 Å². The highest BCUT2D eigenvalue weighted by Crippen LogP contribution is 2.16. The van der Waals surface area contributed by atoms with Crippen LogP contribution in [-0.2, 0) is 28.6 Å². The fourth-order valence-electron chi connectivity index (χ4n) is 7.96. The average molecular weight is 897 g/mol. The summed E-state index contributed by atoms with van der Waals surface area (Å²) in [5, 5.41) is 0. The Morgan fingerprint density at radius 2 is 0.609 bits per heavy atom. The molecule has 6 nitrogen and oxygen atoms in total. The number of hydrogen-bond donors (Lipinski definition) is 0. The Labute approximate surface area is 397 Å². The van der Waals surface area contributed by atoms with Gasteiger partial charge in [0, 0.05) is 19.3 Å². The molecule has 0 N–H and O–H groups in total. The fraction of sp³-hybridized carbons (Fsp3) is 0.810. The van der Waals surface area contributed by atoms with Crippen LogP contribution in [0, 0.1) is 0 Å². The molecule has 0 aromatic carbocycles. The molecule has 0 aliphatic carbocycles. The summed E-state index contributed by atoms with van der Waals surface area (Å²) in [6.45, 7) is 6.52. The molecule has 0 aliphatic rings. The molecule has 0 bridgehead atoms. The van der Waals surface area contributed by atoms with E-state index in [0.717, 1.165) is 77.0 Å². The highest BCUT2D eigenvalue weighted by molar-refractivity contribution is 5.71. The molecule has 0 heterocycles. The van der Waals surface area contributed by atoms with Crippen LogP contribution in [0.25, 0.3) is 0 Å². The van der Waals surface area contributed by atoms with Gasteiger partial charge in [-0.3, -0.25) is 14.4 Å². The third-order valence-electron chi connectivity index (χ3n) is 12.1. The summed E-state index contributed by atoms with van der Waals surface area (Å²) in [5.41, 5.74) is 0. The Bertz CT molecular complexity index is 1120. The van der Waals surface area contributed by atoms with Crippen molar-refractivity contribution in [1.82, 2.24) is 0 Å². The molecule has 6 heteroatoms. The summed E-state index contributed by atoms with van der Waals surface area (Å²) in [6, 6.07) is 0. The Hall–Kier alpha value is -2.63. The topological polar surface area (TPSA) is 78.9 Å². The van der Waals surface area contributed by atoms with Crippen LogP contribution in [-0.4, -0.2) is 37.2 Å². The van der Waals surface area contributed by atoms with Crippen molar-refractivity contribution in [1.29, 1.82) is 0 Å². The van der Waals surface area contributed by atoms with Crippen molar-refractivity contribution in [2.75, 3.05) is 13.2 Å². The summed E-state index contributed by atoms with van der Waals surface area (Å²) >= 11 is 0. The van der Waals surface area contributed by atoms with E-state index in [4.69, 9.17) is 14.2 Å². The van der Waals surface area contributed by atoms with E-state index < -0.39 is 6.10 Å². The zero-order chi connectivity index (χ0) is 46.5. The SMILES string of the molecule is CC/C=C\C/C=C\C/C=C\C/C=C\CCCCC(=O)OC(COC(=O)CCCCCCCCCCCCCC)COC(=O)CCCCCCCCCCCCCCCCCCCCC. The second-order valence-electron chi connectivity index (χ2n) is 18.5. The number of ether oxygens (including phenoxy) is 3. The molecule has 0 aromatic rings. The predicted octanol–water partition coefficient (Wildman–Crippen LogP) is 18.3. The molecule has 1 unspecified atom stereocenters. The molecule has 0 aliphatic heterocycles. The van der Waals surface area contributed by atoms with Gasteiger partial charge in [0.15, 0.2) is 6.10 Å². The summed E-state index contributed by atoms with van der Waals surface area (Å²) in [6.07, 6.45) is 63.9. The van der Waals surface area contributed by atoms with Crippen LogP contribution in [0.5, 0.6) is 0 Å². The Morgan fingerprint density at radius 3 is 0.953 bits per heavy atom. The fourth-order valence-corrected chi connectivity index (χ4v) is 7.96. The average Bonchev–Trinajstić information content (AvgIpc) is 3.29. The Balaban J connectivity index is 4.35. The molecule has 0 fully saturated rings. The quantitative estimate of drug-likeness (QED) is 0.0262. The number of allylic oxidation sites excluding steroid dienone is 8. The van der Waals surface area contributed by atoms with Crippen LogP contribution in [0.15, 0.2) is 48.6 Å². The lowest BCUT2D eigenvalue weighted by Crippen LogP contribution is -2.30. The lowest BCUT2D eigenvalue weighted by atomic mass is 10.0. The maximum atomic E-state index is 12.8. The normalized spacial score (nSPS) is 12.4. The largest absolute Gasteiger partial charge is 0.462 e. The van der Waals surface area contributed by atoms with Gasteiger partial charge in [-0.25, -0.2) is 0 Å². The molecule has 372 valence electrons. The first-order valence-electron chi connectivity index (χ1n) is 27.6. The third-order valence-corrected chi connectivity index (χ3v) is 12.1. The third kappa shape index (κ3) is 50.4. The van der Waals surface area contributed by atoms with E-state index in [1.54, 1.807) is 0 Å².